The molecule has 2 aliphatic carbocycles. The number of aliphatic hydroxyl groups is 2. The Labute approximate surface area is 405 Å². The molecular weight excluding hydrogens is 869 g/mol. The number of ether oxygens (including phenoxy) is 4. The van der Waals surface area contributed by atoms with Gasteiger partial charge in [0.25, 0.3) is 0 Å². The van der Waals surface area contributed by atoms with Crippen molar-refractivity contribution in [3.8, 4) is 5.75 Å². The lowest BCUT2D eigenvalue weighted by Gasteiger charge is -2.50. The number of carbonyl (C=O) groups excluding carboxylic acids is 2. The summed E-state index contributed by atoms with van der Waals surface area (Å²) in [6.07, 6.45) is 9.64. The van der Waals surface area contributed by atoms with Crippen LogP contribution in [0.15, 0.2) is 124 Å². The van der Waals surface area contributed by atoms with E-state index < -0.39 is 47.9 Å². The second-order valence-corrected chi connectivity index (χ2v) is 20.2. The maximum Gasteiger partial charge on any atom is 0.340 e. The highest BCUT2D eigenvalue weighted by atomic mass is 16.6. The summed E-state index contributed by atoms with van der Waals surface area (Å²) in [5.41, 5.74) is 6.23. The molecule has 5 aromatic rings. The van der Waals surface area contributed by atoms with Gasteiger partial charge in [0, 0.05) is 60.3 Å². The van der Waals surface area contributed by atoms with Crippen LogP contribution in [0.1, 0.15) is 147 Å². The van der Waals surface area contributed by atoms with E-state index in [0.717, 1.165) is 55.2 Å². The average Bonchev–Trinajstić information content (AvgIpc) is 3.35. The van der Waals surface area contributed by atoms with Crippen molar-refractivity contribution in [2.75, 3.05) is 20.3 Å². The lowest BCUT2D eigenvalue weighted by atomic mass is 9.71. The van der Waals surface area contributed by atoms with E-state index in [1.807, 2.05) is 26.8 Å². The Kier molecular flexibility index (Phi) is 14.7. The Hall–Kier alpha value is -5.81. The zero-order valence-corrected chi connectivity index (χ0v) is 40.4. The third-order valence-corrected chi connectivity index (χ3v) is 15.5. The molecule has 0 unspecified atom stereocenters. The van der Waals surface area contributed by atoms with Crippen LogP contribution in [0.2, 0.25) is 0 Å². The quantitative estimate of drug-likeness (QED) is 0.0601. The molecule has 0 amide bonds. The Morgan fingerprint density at radius 3 is 2.33 bits per heavy atom. The molecule has 1 saturated carbocycles. The van der Waals surface area contributed by atoms with Crippen LogP contribution in [0.25, 0.3) is 11.0 Å². The fourth-order valence-corrected chi connectivity index (χ4v) is 11.9. The van der Waals surface area contributed by atoms with Gasteiger partial charge in [0.05, 0.1) is 18.8 Å². The molecule has 10 heteroatoms. The van der Waals surface area contributed by atoms with Gasteiger partial charge in [-0.25, -0.2) is 9.59 Å². The van der Waals surface area contributed by atoms with Crippen LogP contribution in [-0.2, 0) is 43.2 Å². The first-order valence-electron chi connectivity index (χ1n) is 25.0. The topological polar surface area (TPSA) is 142 Å². The number of aryl methyl sites for hydroxylation is 1. The van der Waals surface area contributed by atoms with E-state index >= 15 is 4.79 Å². The number of benzene rings is 4. The molecule has 2 bridgehead atoms. The predicted molar refractivity (Wildman–Crippen MR) is 265 cm³/mol. The maximum atomic E-state index is 15.2. The smallest absolute Gasteiger partial charge is 0.340 e. The molecular formula is C59H66O10. The van der Waals surface area contributed by atoms with E-state index in [1.165, 1.54) is 23.8 Å². The highest BCUT2D eigenvalue weighted by Gasteiger charge is 2.56. The van der Waals surface area contributed by atoms with Crippen LogP contribution < -0.4 is 10.4 Å². The number of hydrogen-bond donors (Lipinski definition) is 2. The molecule has 2 N–H and O–H groups in total. The van der Waals surface area contributed by atoms with Gasteiger partial charge in [0.15, 0.2) is 12.2 Å². The van der Waals surface area contributed by atoms with Gasteiger partial charge in [0.2, 0.25) is 0 Å². The first kappa shape index (κ1) is 48.2. The van der Waals surface area contributed by atoms with E-state index in [9.17, 15) is 19.8 Å². The van der Waals surface area contributed by atoms with E-state index in [2.05, 4.69) is 84.9 Å². The van der Waals surface area contributed by atoms with Crippen LogP contribution in [0.4, 0.5) is 0 Å². The molecule has 10 nitrogen and oxygen atoms in total. The molecule has 5 aliphatic rings. The minimum Gasteiger partial charge on any atom is -0.483 e. The summed E-state index contributed by atoms with van der Waals surface area (Å²) in [5, 5.41) is 21.4. The fraction of sp³-hybridized carbons (Fsp3) is 0.441. The third kappa shape index (κ3) is 9.99. The van der Waals surface area contributed by atoms with Crippen LogP contribution in [0, 0.1) is 11.8 Å². The number of methoxy groups -OCH3 is 1. The number of hydrogen-bond acceptors (Lipinski definition) is 10. The number of carbonyl (C=O) groups is 2. The van der Waals surface area contributed by atoms with Gasteiger partial charge >= 0.3 is 17.6 Å². The standard InChI is InChI=1S/C59H66O10/c1-36(2)46-24-20-37-18-21-40(22-19-37)47-25-23-42(41-15-11-14-39(31-41)30-38-12-7-5-8-13-38)32-44(47)33-51(62)66-55-53-50(69-59(3,56(55)68-57(46)63)45-16-9-6-10-17-45)27-26-48-49(34-61)52(58(64)67-54(48)53)43(28-29-60)35-65-4/h5,7-8,11-15,18-19,21-23,25-27,31,42-45,47,55-56,60-61H,6,9-10,16-17,20,24,28-30,32-35H2,1-4H3/t42-,43-,44+,47+,55-,56+,59+/m1/s1. The summed E-state index contributed by atoms with van der Waals surface area (Å²) in [5.74, 6) is -1.46. The molecule has 3 aliphatic heterocycles. The van der Waals surface area contributed by atoms with Crippen molar-refractivity contribution in [2.45, 2.75) is 134 Å². The Balaban J connectivity index is 1.18. The lowest BCUT2D eigenvalue weighted by molar-refractivity contribution is -0.201. The minimum absolute atomic E-state index is 0.0475. The molecule has 4 heterocycles. The second kappa shape index (κ2) is 21.0. The van der Waals surface area contributed by atoms with Gasteiger partial charge in [-0.15, -0.1) is 0 Å². The maximum absolute atomic E-state index is 15.2. The van der Waals surface area contributed by atoms with Crippen molar-refractivity contribution in [3.63, 3.8) is 0 Å². The van der Waals surface area contributed by atoms with Crippen LogP contribution in [0.3, 0.4) is 0 Å². The number of aliphatic hydroxyl groups excluding tert-OH is 2. The number of rotatable bonds is 10. The lowest BCUT2D eigenvalue weighted by Crippen LogP contribution is -2.58. The molecule has 0 spiro atoms. The molecule has 362 valence electrons. The predicted octanol–water partition coefficient (Wildman–Crippen LogP) is 11.0. The Bertz CT molecular complexity index is 2750. The van der Waals surface area contributed by atoms with Crippen LogP contribution >= 0.6 is 0 Å². The SMILES string of the molecule is COC[C@@H](CCO)c1c(CO)c2ccc3c(c2oc1=O)[C@H]1OC(=O)C[C@@H]2C[C@H](c4cccc(Cc5ccccc5)c4)C=C[C@H]2c2ccc(cc2)CCC(=C(C)C)C(=O)O[C@@H]1[C@](C)(C1CCCCC1)O3. The normalized spacial score (nSPS) is 24.7. The van der Waals surface area contributed by atoms with E-state index in [0.29, 0.717) is 41.5 Å². The largest absolute Gasteiger partial charge is 0.483 e. The first-order valence-corrected chi connectivity index (χ1v) is 25.0. The minimum atomic E-state index is -1.25. The third-order valence-electron chi connectivity index (χ3n) is 15.5. The fourth-order valence-electron chi connectivity index (χ4n) is 11.9. The molecule has 0 saturated heterocycles. The van der Waals surface area contributed by atoms with Crippen molar-refractivity contribution in [3.05, 3.63) is 169 Å². The monoisotopic (exact) mass is 934 g/mol. The van der Waals surface area contributed by atoms with Gasteiger partial charge in [0.1, 0.15) is 16.9 Å². The van der Waals surface area contributed by atoms with E-state index in [4.69, 9.17) is 23.4 Å². The number of fused-ring (bicyclic) bond motifs is 11. The summed E-state index contributed by atoms with van der Waals surface area (Å²) in [4.78, 5) is 44.3. The zero-order valence-electron chi connectivity index (χ0n) is 40.4. The molecule has 1 fully saturated rings. The van der Waals surface area contributed by atoms with Crippen molar-refractivity contribution < 1.29 is 43.2 Å². The van der Waals surface area contributed by atoms with Gasteiger partial charge in [-0.05, 0) is 117 Å². The zero-order chi connectivity index (χ0) is 48.2. The van der Waals surface area contributed by atoms with Gasteiger partial charge in [-0.2, -0.15) is 0 Å². The molecule has 1 aromatic heterocycles. The van der Waals surface area contributed by atoms with Gasteiger partial charge < -0.3 is 33.6 Å². The summed E-state index contributed by atoms with van der Waals surface area (Å²) in [6.45, 7) is 5.19. The molecule has 4 aromatic carbocycles. The Morgan fingerprint density at radius 1 is 0.841 bits per heavy atom. The summed E-state index contributed by atoms with van der Waals surface area (Å²) in [6, 6.07) is 31.3. The van der Waals surface area contributed by atoms with Crippen molar-refractivity contribution in [1.82, 2.24) is 0 Å². The summed E-state index contributed by atoms with van der Waals surface area (Å²) in [7, 11) is 1.52. The molecule has 0 radical (unpaired) electrons. The summed E-state index contributed by atoms with van der Waals surface area (Å²) < 4.78 is 32.6. The average molecular weight is 935 g/mol. The number of esters is 2. The molecule has 69 heavy (non-hydrogen) atoms. The molecule has 7 atom stereocenters. The second-order valence-electron chi connectivity index (χ2n) is 20.2. The van der Waals surface area contributed by atoms with Crippen molar-refractivity contribution >= 4 is 22.9 Å². The number of allylic oxidation sites excluding steroid dienone is 3. The Morgan fingerprint density at radius 2 is 1.61 bits per heavy atom. The summed E-state index contributed by atoms with van der Waals surface area (Å²) >= 11 is 0. The van der Waals surface area contributed by atoms with Crippen LogP contribution in [-0.4, -0.2) is 54.2 Å². The van der Waals surface area contributed by atoms with Crippen LogP contribution in [0.5, 0.6) is 5.75 Å². The highest BCUT2D eigenvalue weighted by Crippen LogP contribution is 2.53. The molecule has 10 rings (SSSR count). The first-order chi connectivity index (χ1) is 33.5. The highest BCUT2D eigenvalue weighted by molar-refractivity contribution is 5.90. The van der Waals surface area contributed by atoms with Crippen molar-refractivity contribution in [2.24, 2.45) is 11.8 Å². The van der Waals surface area contributed by atoms with Gasteiger partial charge in [-0.3, -0.25) is 4.79 Å². The van der Waals surface area contributed by atoms with E-state index in [-0.39, 0.29) is 66.4 Å². The van der Waals surface area contributed by atoms with Crippen molar-refractivity contribution in [1.29, 1.82) is 0 Å². The van der Waals surface area contributed by atoms with Gasteiger partial charge in [-0.1, -0.05) is 116 Å². The van der Waals surface area contributed by atoms with E-state index in [1.54, 1.807) is 12.1 Å².